The Labute approximate surface area is 142 Å². The lowest BCUT2D eigenvalue weighted by molar-refractivity contribution is 0.503. The molecule has 0 saturated heterocycles. The first-order valence-corrected chi connectivity index (χ1v) is 6.88. The van der Waals surface area contributed by atoms with Gasteiger partial charge in [0.2, 0.25) is 5.96 Å². The molecule has 1 aliphatic rings. The third kappa shape index (κ3) is 3.93. The average Bonchev–Trinajstić information content (AvgIpc) is 2.53. The standard InChI is InChI=1S/C16H18N4.HI/c1-20(16-17-9-4-10-18-16)19-12-13-7-8-14-5-2-3-6-15(14)11-13;/h2-3,5-8,11-12H,4,9-10H2,1H3,(H,17,18);1H/b19-12+;. The molecule has 0 unspecified atom stereocenters. The molecule has 4 nitrogen and oxygen atoms in total. The SMILES string of the molecule is CN(/N=C/c1ccc2ccccc2c1)C1=NCCCN1.I. The summed E-state index contributed by atoms with van der Waals surface area (Å²) < 4.78 is 0. The van der Waals surface area contributed by atoms with Crippen LogP contribution in [0.1, 0.15) is 12.0 Å². The van der Waals surface area contributed by atoms with Gasteiger partial charge in [0.1, 0.15) is 0 Å². The quantitative estimate of drug-likeness (QED) is 0.483. The summed E-state index contributed by atoms with van der Waals surface area (Å²) in [6, 6.07) is 14.7. The Kier molecular flexibility index (Phi) is 5.55. The van der Waals surface area contributed by atoms with Crippen molar-refractivity contribution in [2.45, 2.75) is 6.42 Å². The van der Waals surface area contributed by atoms with Crippen LogP contribution >= 0.6 is 24.0 Å². The Hall–Kier alpha value is -1.63. The Morgan fingerprint density at radius 3 is 2.76 bits per heavy atom. The first kappa shape index (κ1) is 15.8. The van der Waals surface area contributed by atoms with Gasteiger partial charge in [0.25, 0.3) is 0 Å². The van der Waals surface area contributed by atoms with Crippen molar-refractivity contribution >= 4 is 46.9 Å². The van der Waals surface area contributed by atoms with Gasteiger partial charge in [-0.05, 0) is 28.8 Å². The molecule has 0 bridgehead atoms. The Morgan fingerprint density at radius 1 is 1.19 bits per heavy atom. The summed E-state index contributed by atoms with van der Waals surface area (Å²) in [6.07, 6.45) is 2.96. The number of hydrogen-bond acceptors (Lipinski definition) is 4. The number of nitrogens with zero attached hydrogens (tertiary/aromatic N) is 3. The summed E-state index contributed by atoms with van der Waals surface area (Å²) in [4.78, 5) is 4.41. The van der Waals surface area contributed by atoms with Crippen LogP contribution in [0, 0.1) is 0 Å². The molecule has 3 rings (SSSR count). The molecule has 21 heavy (non-hydrogen) atoms. The van der Waals surface area contributed by atoms with E-state index in [2.05, 4.69) is 57.9 Å². The van der Waals surface area contributed by atoms with E-state index >= 15 is 0 Å². The molecular weight excluding hydrogens is 375 g/mol. The number of rotatable bonds is 2. The second-order valence-electron chi connectivity index (χ2n) is 4.86. The molecule has 0 aromatic heterocycles. The van der Waals surface area contributed by atoms with Crippen LogP contribution in [0.5, 0.6) is 0 Å². The average molecular weight is 394 g/mol. The zero-order chi connectivity index (χ0) is 13.8. The fraction of sp³-hybridized carbons (Fsp3) is 0.250. The number of guanidine groups is 1. The van der Waals surface area contributed by atoms with Crippen molar-refractivity contribution in [3.63, 3.8) is 0 Å². The van der Waals surface area contributed by atoms with E-state index in [4.69, 9.17) is 0 Å². The van der Waals surface area contributed by atoms with Gasteiger partial charge in [0, 0.05) is 20.1 Å². The second-order valence-corrected chi connectivity index (χ2v) is 4.86. The highest BCUT2D eigenvalue weighted by Crippen LogP contribution is 2.14. The lowest BCUT2D eigenvalue weighted by Crippen LogP contribution is -2.39. The van der Waals surface area contributed by atoms with Crippen molar-refractivity contribution in [3.05, 3.63) is 48.0 Å². The zero-order valence-corrected chi connectivity index (χ0v) is 14.3. The first-order chi connectivity index (χ1) is 9.83. The molecule has 0 radical (unpaired) electrons. The van der Waals surface area contributed by atoms with Crippen LogP contribution in [0.3, 0.4) is 0 Å². The normalized spacial score (nSPS) is 14.4. The van der Waals surface area contributed by atoms with E-state index < -0.39 is 0 Å². The molecule has 0 fully saturated rings. The molecular formula is C16H19IN4. The van der Waals surface area contributed by atoms with Crippen LogP contribution in [0.4, 0.5) is 0 Å². The van der Waals surface area contributed by atoms with Gasteiger partial charge < -0.3 is 5.32 Å². The summed E-state index contributed by atoms with van der Waals surface area (Å²) >= 11 is 0. The number of halogens is 1. The minimum absolute atomic E-state index is 0. The van der Waals surface area contributed by atoms with Gasteiger partial charge in [-0.1, -0.05) is 36.4 Å². The van der Waals surface area contributed by atoms with Gasteiger partial charge in [0.15, 0.2) is 0 Å². The van der Waals surface area contributed by atoms with Gasteiger partial charge >= 0.3 is 0 Å². The van der Waals surface area contributed by atoms with Crippen molar-refractivity contribution in [3.8, 4) is 0 Å². The van der Waals surface area contributed by atoms with E-state index in [9.17, 15) is 0 Å². The van der Waals surface area contributed by atoms with Crippen molar-refractivity contribution in [1.82, 2.24) is 10.3 Å². The number of hydrazone groups is 1. The Morgan fingerprint density at radius 2 is 2.00 bits per heavy atom. The molecule has 0 saturated carbocycles. The van der Waals surface area contributed by atoms with E-state index in [-0.39, 0.29) is 24.0 Å². The molecule has 1 aliphatic heterocycles. The number of benzene rings is 2. The monoisotopic (exact) mass is 394 g/mol. The molecule has 5 heteroatoms. The van der Waals surface area contributed by atoms with E-state index in [1.54, 1.807) is 5.01 Å². The summed E-state index contributed by atoms with van der Waals surface area (Å²) in [5, 5.41) is 11.9. The van der Waals surface area contributed by atoms with Crippen molar-refractivity contribution in [1.29, 1.82) is 0 Å². The molecule has 1 heterocycles. The second kappa shape index (κ2) is 7.40. The van der Waals surface area contributed by atoms with Gasteiger partial charge in [-0.2, -0.15) is 5.10 Å². The maximum Gasteiger partial charge on any atom is 0.214 e. The third-order valence-corrected chi connectivity index (χ3v) is 3.34. The topological polar surface area (TPSA) is 40.0 Å². The van der Waals surface area contributed by atoms with Crippen LogP contribution in [-0.2, 0) is 0 Å². The fourth-order valence-electron chi connectivity index (χ4n) is 2.23. The molecule has 2 aromatic rings. The van der Waals surface area contributed by atoms with Gasteiger partial charge in [0.05, 0.1) is 6.21 Å². The lowest BCUT2D eigenvalue weighted by atomic mass is 10.1. The molecule has 0 aliphatic carbocycles. The molecule has 110 valence electrons. The van der Waals surface area contributed by atoms with E-state index in [0.29, 0.717) is 0 Å². The molecule has 0 amide bonds. The van der Waals surface area contributed by atoms with Crippen molar-refractivity contribution in [2.75, 3.05) is 20.1 Å². The maximum absolute atomic E-state index is 4.44. The first-order valence-electron chi connectivity index (χ1n) is 6.88. The van der Waals surface area contributed by atoms with Crippen LogP contribution in [0.25, 0.3) is 10.8 Å². The van der Waals surface area contributed by atoms with Gasteiger partial charge in [-0.15, -0.1) is 24.0 Å². The largest absolute Gasteiger partial charge is 0.355 e. The van der Waals surface area contributed by atoms with E-state index in [1.807, 2.05) is 13.3 Å². The van der Waals surface area contributed by atoms with Crippen molar-refractivity contribution in [2.24, 2.45) is 10.1 Å². The predicted octanol–water partition coefficient (Wildman–Crippen LogP) is 3.07. The van der Waals surface area contributed by atoms with E-state index in [0.717, 1.165) is 31.0 Å². The van der Waals surface area contributed by atoms with Crippen LogP contribution in [0.2, 0.25) is 0 Å². The van der Waals surface area contributed by atoms with Gasteiger partial charge in [-0.25, -0.2) is 5.01 Å². The minimum atomic E-state index is 0. The predicted molar refractivity (Wildman–Crippen MR) is 99.6 cm³/mol. The van der Waals surface area contributed by atoms with Crippen molar-refractivity contribution < 1.29 is 0 Å². The molecule has 0 atom stereocenters. The highest BCUT2D eigenvalue weighted by Gasteiger charge is 2.07. The minimum Gasteiger partial charge on any atom is -0.355 e. The van der Waals surface area contributed by atoms with Gasteiger partial charge in [-0.3, -0.25) is 4.99 Å². The number of nitrogens with one attached hydrogen (secondary N) is 1. The molecule has 0 spiro atoms. The number of aliphatic imine (C=N–C) groups is 1. The smallest absolute Gasteiger partial charge is 0.214 e. The highest BCUT2D eigenvalue weighted by atomic mass is 127. The molecule has 1 N–H and O–H groups in total. The Balaban J connectivity index is 0.00000161. The summed E-state index contributed by atoms with van der Waals surface area (Å²) in [6.45, 7) is 1.84. The zero-order valence-electron chi connectivity index (χ0n) is 12.0. The lowest BCUT2D eigenvalue weighted by Gasteiger charge is -2.20. The third-order valence-electron chi connectivity index (χ3n) is 3.34. The summed E-state index contributed by atoms with van der Waals surface area (Å²) in [7, 11) is 1.91. The molecule has 2 aromatic carbocycles. The Bertz CT molecular complexity index is 666. The van der Waals surface area contributed by atoms with Crippen LogP contribution < -0.4 is 5.32 Å². The number of hydrogen-bond donors (Lipinski definition) is 1. The van der Waals surface area contributed by atoms with Crippen LogP contribution in [-0.4, -0.2) is 37.3 Å². The maximum atomic E-state index is 4.44. The summed E-state index contributed by atoms with van der Waals surface area (Å²) in [5.41, 5.74) is 1.09. The highest BCUT2D eigenvalue weighted by molar-refractivity contribution is 14.0. The van der Waals surface area contributed by atoms with Crippen LogP contribution in [0.15, 0.2) is 52.6 Å². The fourth-order valence-corrected chi connectivity index (χ4v) is 2.23. The summed E-state index contributed by atoms with van der Waals surface area (Å²) in [5.74, 6) is 0.841. The van der Waals surface area contributed by atoms with E-state index in [1.165, 1.54) is 10.8 Å². The number of fused-ring (bicyclic) bond motifs is 1.